The molecule has 6 N–H and O–H groups in total. The molecule has 10 heteroatoms. The van der Waals surface area contributed by atoms with E-state index in [1.54, 1.807) is 0 Å². The number of phosphoric acid groups is 1. The predicted octanol–water partition coefficient (Wildman–Crippen LogP) is 8.19. The van der Waals surface area contributed by atoms with Crippen molar-refractivity contribution < 1.29 is 39.0 Å². The maximum atomic E-state index is 12.6. The maximum Gasteiger partial charge on any atom is 0.471 e. The Morgan fingerprint density at radius 2 is 0.932 bits per heavy atom. The lowest BCUT2D eigenvalue weighted by Gasteiger charge is -2.31. The molecular formula is C34H70NO8P. The van der Waals surface area contributed by atoms with E-state index in [2.05, 4.69) is 23.7 Å². The van der Waals surface area contributed by atoms with E-state index in [0.29, 0.717) is 12.8 Å². The monoisotopic (exact) mass is 651 g/mol. The Morgan fingerprint density at radius 3 is 1.30 bits per heavy atom. The van der Waals surface area contributed by atoms with Crippen molar-refractivity contribution in [3.8, 4) is 0 Å². The molecule has 264 valence electrons. The third kappa shape index (κ3) is 27.7. The zero-order valence-corrected chi connectivity index (χ0v) is 29.2. The summed E-state index contributed by atoms with van der Waals surface area (Å²) in [5.74, 6) is -0.469. The lowest BCUT2D eigenvalue weighted by atomic mass is 9.98. The first kappa shape index (κ1) is 43.5. The van der Waals surface area contributed by atoms with Crippen LogP contribution in [0.2, 0.25) is 0 Å². The molecule has 44 heavy (non-hydrogen) atoms. The molecule has 0 spiro atoms. The van der Waals surface area contributed by atoms with Crippen LogP contribution < -0.4 is 5.32 Å². The van der Waals surface area contributed by atoms with Crippen LogP contribution in [0.3, 0.4) is 0 Å². The Morgan fingerprint density at radius 1 is 0.591 bits per heavy atom. The number of unbranched alkanes of at least 4 members (excludes halogenated alkanes) is 23. The smallest absolute Gasteiger partial charge is 0.390 e. The SMILES string of the molecule is CCCCCCCCCCCCCCCC(=O)N[C@H](C(O)OP(=O)(O)O)[C@@H](O)C(O)CCCCCCCCCCCCCC. The van der Waals surface area contributed by atoms with Crippen LogP contribution in [0.15, 0.2) is 0 Å². The van der Waals surface area contributed by atoms with E-state index in [-0.39, 0.29) is 12.8 Å². The van der Waals surface area contributed by atoms with Crippen molar-refractivity contribution in [2.45, 2.75) is 212 Å². The average Bonchev–Trinajstić information content (AvgIpc) is 2.97. The van der Waals surface area contributed by atoms with E-state index in [4.69, 9.17) is 9.79 Å². The molecule has 2 unspecified atom stereocenters. The molecule has 0 aliphatic carbocycles. The molecule has 0 aliphatic rings. The Hall–Kier alpha value is -0.540. The summed E-state index contributed by atoms with van der Waals surface area (Å²) < 4.78 is 15.6. The van der Waals surface area contributed by atoms with Crippen molar-refractivity contribution in [2.75, 3.05) is 0 Å². The van der Waals surface area contributed by atoms with Gasteiger partial charge in [-0.15, -0.1) is 0 Å². The van der Waals surface area contributed by atoms with Gasteiger partial charge in [-0.1, -0.05) is 168 Å². The second kappa shape index (κ2) is 29.8. The zero-order valence-electron chi connectivity index (χ0n) is 28.3. The molecule has 0 aliphatic heterocycles. The molecule has 0 saturated heterocycles. The fourth-order valence-corrected chi connectivity index (χ4v) is 6.11. The minimum absolute atomic E-state index is 0.151. The van der Waals surface area contributed by atoms with Gasteiger partial charge in [0.1, 0.15) is 12.1 Å². The van der Waals surface area contributed by atoms with E-state index in [9.17, 15) is 24.7 Å². The summed E-state index contributed by atoms with van der Waals surface area (Å²) in [6.45, 7) is 4.46. The molecule has 0 aromatic rings. The van der Waals surface area contributed by atoms with E-state index in [1.165, 1.54) is 109 Å². The molecule has 4 atom stereocenters. The number of amides is 1. The topological polar surface area (TPSA) is 157 Å². The highest BCUT2D eigenvalue weighted by Crippen LogP contribution is 2.38. The van der Waals surface area contributed by atoms with Gasteiger partial charge < -0.3 is 30.4 Å². The third-order valence-electron chi connectivity index (χ3n) is 8.50. The van der Waals surface area contributed by atoms with Crippen LogP contribution in [0.4, 0.5) is 0 Å². The predicted molar refractivity (Wildman–Crippen MR) is 179 cm³/mol. The minimum atomic E-state index is -5.08. The Kier molecular flexibility index (Phi) is 29.5. The molecule has 0 heterocycles. The molecule has 0 saturated carbocycles. The maximum absolute atomic E-state index is 12.6. The van der Waals surface area contributed by atoms with Crippen LogP contribution in [0.25, 0.3) is 0 Å². The van der Waals surface area contributed by atoms with Crippen molar-refractivity contribution in [3.05, 3.63) is 0 Å². The second-order valence-corrected chi connectivity index (χ2v) is 14.0. The van der Waals surface area contributed by atoms with Gasteiger partial charge in [0, 0.05) is 6.42 Å². The highest BCUT2D eigenvalue weighted by molar-refractivity contribution is 7.46. The van der Waals surface area contributed by atoms with Gasteiger partial charge in [0.25, 0.3) is 0 Å². The van der Waals surface area contributed by atoms with Crippen LogP contribution >= 0.6 is 7.82 Å². The minimum Gasteiger partial charge on any atom is -0.390 e. The van der Waals surface area contributed by atoms with Gasteiger partial charge in [0.15, 0.2) is 6.29 Å². The summed E-state index contributed by atoms with van der Waals surface area (Å²) in [5.41, 5.74) is 0. The van der Waals surface area contributed by atoms with E-state index in [1.807, 2.05) is 0 Å². The van der Waals surface area contributed by atoms with Crippen molar-refractivity contribution in [1.29, 1.82) is 0 Å². The van der Waals surface area contributed by atoms with E-state index in [0.717, 1.165) is 38.5 Å². The van der Waals surface area contributed by atoms with Gasteiger partial charge in [-0.2, -0.15) is 0 Å². The van der Waals surface area contributed by atoms with Gasteiger partial charge in [-0.3, -0.25) is 9.32 Å². The average molecular weight is 652 g/mol. The first-order valence-electron chi connectivity index (χ1n) is 18.2. The first-order chi connectivity index (χ1) is 21.1. The molecule has 1 amide bonds. The molecule has 0 bridgehead atoms. The summed E-state index contributed by atoms with van der Waals surface area (Å²) in [7, 11) is -5.08. The van der Waals surface area contributed by atoms with Crippen molar-refractivity contribution in [2.24, 2.45) is 0 Å². The van der Waals surface area contributed by atoms with E-state index < -0.39 is 38.3 Å². The van der Waals surface area contributed by atoms with Crippen LogP contribution in [0.5, 0.6) is 0 Å². The van der Waals surface area contributed by atoms with Gasteiger partial charge >= 0.3 is 7.82 Å². The summed E-state index contributed by atoms with van der Waals surface area (Å²) >= 11 is 0. The van der Waals surface area contributed by atoms with Gasteiger partial charge in [-0.05, 0) is 12.8 Å². The standard InChI is InChI=1S/C34H70NO8P/c1-3-5-7-9-11-13-15-17-19-21-23-25-27-29-31(37)35-32(34(39)43-44(40,41)42)33(38)30(36)28-26-24-22-20-18-16-14-12-10-8-6-4-2/h30,32-34,36,38-39H,3-29H2,1-2H3,(H,35,37)(H2,40,41,42)/t30?,32-,33-,34?/m0/s1. The molecule has 9 nitrogen and oxygen atoms in total. The Bertz CT molecular complexity index is 692. The number of hydrogen-bond donors (Lipinski definition) is 6. The molecule has 0 radical (unpaired) electrons. The van der Waals surface area contributed by atoms with Gasteiger partial charge in [0.2, 0.25) is 5.91 Å². The van der Waals surface area contributed by atoms with Crippen LogP contribution in [-0.4, -0.2) is 55.6 Å². The fourth-order valence-electron chi connectivity index (χ4n) is 5.70. The lowest BCUT2D eigenvalue weighted by Crippen LogP contribution is -2.55. The highest BCUT2D eigenvalue weighted by Gasteiger charge is 2.37. The number of aliphatic hydroxyl groups excluding tert-OH is 3. The fraction of sp³-hybridized carbons (Fsp3) is 0.971. The Balaban J connectivity index is 4.28. The molecular weight excluding hydrogens is 581 g/mol. The lowest BCUT2D eigenvalue weighted by molar-refractivity contribution is -0.137. The normalized spacial score (nSPS) is 14.8. The first-order valence-corrected chi connectivity index (χ1v) is 19.7. The molecule has 0 rings (SSSR count). The van der Waals surface area contributed by atoms with Crippen LogP contribution in [-0.2, 0) is 13.9 Å². The number of aliphatic hydroxyl groups is 3. The summed E-state index contributed by atoms with van der Waals surface area (Å²) in [5, 5.41) is 34.0. The number of hydrogen-bond acceptors (Lipinski definition) is 6. The van der Waals surface area contributed by atoms with Crippen molar-refractivity contribution in [1.82, 2.24) is 5.32 Å². The van der Waals surface area contributed by atoms with E-state index >= 15 is 0 Å². The molecule has 0 aromatic carbocycles. The number of carbonyl (C=O) groups is 1. The Labute approximate surface area is 269 Å². The van der Waals surface area contributed by atoms with Gasteiger partial charge in [-0.25, -0.2) is 4.57 Å². The van der Waals surface area contributed by atoms with Crippen LogP contribution in [0.1, 0.15) is 187 Å². The highest BCUT2D eigenvalue weighted by atomic mass is 31.2. The summed E-state index contributed by atoms with van der Waals surface area (Å²) in [6, 6.07) is -1.57. The number of nitrogens with one attached hydrogen (secondary N) is 1. The number of carbonyl (C=O) groups excluding carboxylic acids is 1. The summed E-state index contributed by atoms with van der Waals surface area (Å²) in [6.07, 6.45) is 24.6. The van der Waals surface area contributed by atoms with Crippen LogP contribution in [0, 0.1) is 0 Å². The summed E-state index contributed by atoms with van der Waals surface area (Å²) in [4.78, 5) is 30.8. The second-order valence-electron chi connectivity index (χ2n) is 12.8. The van der Waals surface area contributed by atoms with Gasteiger partial charge in [0.05, 0.1) is 6.10 Å². The zero-order chi connectivity index (χ0) is 32.9. The number of phosphoric ester groups is 1. The van der Waals surface area contributed by atoms with Crippen molar-refractivity contribution >= 4 is 13.7 Å². The quantitative estimate of drug-likeness (QED) is 0.0236. The third-order valence-corrected chi connectivity index (χ3v) is 8.99. The van der Waals surface area contributed by atoms with Crippen molar-refractivity contribution in [3.63, 3.8) is 0 Å². The molecule has 0 fully saturated rings. The molecule has 0 aromatic heterocycles. The number of rotatable bonds is 33. The largest absolute Gasteiger partial charge is 0.471 e.